The highest BCUT2D eigenvalue weighted by atomic mass is 16.2. The lowest BCUT2D eigenvalue weighted by molar-refractivity contribution is -0.134. The molecule has 2 rings (SSSR count). The summed E-state index contributed by atoms with van der Waals surface area (Å²) in [7, 11) is 0. The van der Waals surface area contributed by atoms with Crippen LogP contribution in [0.1, 0.15) is 39.0 Å². The Morgan fingerprint density at radius 3 is 2.58 bits per heavy atom. The van der Waals surface area contributed by atoms with Gasteiger partial charge in [0.25, 0.3) is 0 Å². The van der Waals surface area contributed by atoms with Crippen LogP contribution in [0, 0.1) is 11.8 Å². The second kappa shape index (κ2) is 6.37. The average molecular weight is 267 g/mol. The monoisotopic (exact) mass is 267 g/mol. The number of carbonyl (C=O) groups excluding carboxylic acids is 2. The van der Waals surface area contributed by atoms with Crippen molar-refractivity contribution in [3.8, 4) is 0 Å². The van der Waals surface area contributed by atoms with Crippen LogP contribution >= 0.6 is 0 Å². The minimum Gasteiger partial charge on any atom is -0.347 e. The van der Waals surface area contributed by atoms with Gasteiger partial charge in [-0.1, -0.05) is 13.3 Å². The van der Waals surface area contributed by atoms with Crippen molar-refractivity contribution in [3.63, 3.8) is 0 Å². The van der Waals surface area contributed by atoms with Crippen LogP contribution in [0.3, 0.4) is 0 Å². The normalized spacial score (nSPS) is 31.3. The number of amides is 2. The van der Waals surface area contributed by atoms with Gasteiger partial charge >= 0.3 is 0 Å². The van der Waals surface area contributed by atoms with Gasteiger partial charge in [0.2, 0.25) is 11.8 Å². The lowest BCUT2D eigenvalue weighted by Gasteiger charge is -2.32. The largest absolute Gasteiger partial charge is 0.347 e. The highest BCUT2D eigenvalue weighted by Gasteiger charge is 2.33. The van der Waals surface area contributed by atoms with Crippen LogP contribution in [0.5, 0.6) is 0 Å². The van der Waals surface area contributed by atoms with Crippen molar-refractivity contribution in [1.29, 1.82) is 0 Å². The van der Waals surface area contributed by atoms with Crippen molar-refractivity contribution in [1.82, 2.24) is 10.2 Å². The van der Waals surface area contributed by atoms with E-state index in [2.05, 4.69) is 12.2 Å². The number of hydrogen-bond acceptors (Lipinski definition) is 3. The van der Waals surface area contributed by atoms with Crippen LogP contribution in [0.2, 0.25) is 0 Å². The summed E-state index contributed by atoms with van der Waals surface area (Å²) in [5.74, 6) is 0.240. The van der Waals surface area contributed by atoms with Crippen molar-refractivity contribution in [2.45, 2.75) is 45.1 Å². The molecule has 1 saturated heterocycles. The Morgan fingerprint density at radius 2 is 1.89 bits per heavy atom. The standard InChI is InChI=1S/C14H25N3O2/c1-10-5-4-6-11(13(10)15)14(19)16-9-12(18)17-7-2-3-8-17/h10-11,13H,2-9,15H2,1H3,(H,16,19). The molecular formula is C14H25N3O2. The quantitative estimate of drug-likeness (QED) is 0.781. The molecule has 0 spiro atoms. The van der Waals surface area contributed by atoms with Crippen molar-refractivity contribution in [2.24, 2.45) is 17.6 Å². The predicted octanol–water partition coefficient (Wildman–Crippen LogP) is 0.489. The van der Waals surface area contributed by atoms with Gasteiger partial charge in [-0.2, -0.15) is 0 Å². The molecule has 3 atom stereocenters. The van der Waals surface area contributed by atoms with Gasteiger partial charge in [-0.05, 0) is 31.6 Å². The Morgan fingerprint density at radius 1 is 1.21 bits per heavy atom. The highest BCUT2D eigenvalue weighted by Crippen LogP contribution is 2.27. The Hall–Kier alpha value is -1.10. The first-order chi connectivity index (χ1) is 9.09. The fraction of sp³-hybridized carbons (Fsp3) is 0.857. The lowest BCUT2D eigenvalue weighted by Crippen LogP contribution is -2.49. The number of nitrogens with zero attached hydrogens (tertiary/aromatic N) is 1. The average Bonchev–Trinajstić information content (AvgIpc) is 2.93. The van der Waals surface area contributed by atoms with Gasteiger partial charge in [0.05, 0.1) is 12.5 Å². The van der Waals surface area contributed by atoms with Gasteiger partial charge in [0, 0.05) is 19.1 Å². The van der Waals surface area contributed by atoms with Crippen molar-refractivity contribution < 1.29 is 9.59 Å². The first-order valence-electron chi connectivity index (χ1n) is 7.40. The molecule has 1 saturated carbocycles. The number of nitrogens with one attached hydrogen (secondary N) is 1. The molecule has 5 nitrogen and oxygen atoms in total. The number of rotatable bonds is 3. The topological polar surface area (TPSA) is 75.4 Å². The zero-order chi connectivity index (χ0) is 13.8. The molecule has 1 heterocycles. The van der Waals surface area contributed by atoms with Gasteiger partial charge < -0.3 is 16.0 Å². The number of carbonyl (C=O) groups is 2. The van der Waals surface area contributed by atoms with Gasteiger partial charge in [0.1, 0.15) is 0 Å². The molecule has 0 aromatic carbocycles. The summed E-state index contributed by atoms with van der Waals surface area (Å²) in [4.78, 5) is 25.8. The molecule has 2 amide bonds. The van der Waals surface area contributed by atoms with Crippen molar-refractivity contribution in [3.05, 3.63) is 0 Å². The fourth-order valence-corrected chi connectivity index (χ4v) is 3.12. The molecule has 3 unspecified atom stereocenters. The summed E-state index contributed by atoms with van der Waals surface area (Å²) in [6, 6.07) is -0.0735. The van der Waals surface area contributed by atoms with E-state index in [0.717, 1.165) is 45.2 Å². The zero-order valence-corrected chi connectivity index (χ0v) is 11.7. The molecule has 5 heteroatoms. The summed E-state index contributed by atoms with van der Waals surface area (Å²) >= 11 is 0. The van der Waals surface area contributed by atoms with Crippen LogP contribution in [-0.4, -0.2) is 42.4 Å². The second-order valence-electron chi connectivity index (χ2n) is 5.90. The van der Waals surface area contributed by atoms with Crippen LogP contribution in [-0.2, 0) is 9.59 Å². The van der Waals surface area contributed by atoms with Gasteiger partial charge in [0.15, 0.2) is 0 Å². The number of nitrogens with two attached hydrogens (primary N) is 1. The summed E-state index contributed by atoms with van der Waals surface area (Å²) in [6.45, 7) is 3.87. The molecular weight excluding hydrogens is 242 g/mol. The third kappa shape index (κ3) is 3.47. The molecule has 108 valence electrons. The first kappa shape index (κ1) is 14.3. The fourth-order valence-electron chi connectivity index (χ4n) is 3.12. The van der Waals surface area contributed by atoms with Gasteiger partial charge in [-0.3, -0.25) is 9.59 Å². The molecule has 0 aromatic heterocycles. The molecule has 0 radical (unpaired) electrons. The Kier molecular flexibility index (Phi) is 4.80. The molecule has 1 aliphatic heterocycles. The van der Waals surface area contributed by atoms with E-state index in [9.17, 15) is 9.59 Å². The van der Waals surface area contributed by atoms with E-state index in [1.54, 1.807) is 0 Å². The maximum Gasteiger partial charge on any atom is 0.241 e. The van der Waals surface area contributed by atoms with E-state index in [1.807, 2.05) is 4.90 Å². The summed E-state index contributed by atoms with van der Waals surface area (Å²) < 4.78 is 0. The zero-order valence-electron chi connectivity index (χ0n) is 11.7. The van der Waals surface area contributed by atoms with Crippen LogP contribution in [0.15, 0.2) is 0 Å². The third-order valence-electron chi connectivity index (χ3n) is 4.51. The van der Waals surface area contributed by atoms with Crippen LogP contribution in [0.25, 0.3) is 0 Å². The molecule has 0 aromatic rings. The van der Waals surface area contributed by atoms with Crippen LogP contribution < -0.4 is 11.1 Å². The predicted molar refractivity (Wildman–Crippen MR) is 73.3 cm³/mol. The Bertz CT molecular complexity index is 340. The Balaban J connectivity index is 1.78. The van der Waals surface area contributed by atoms with E-state index in [4.69, 9.17) is 5.73 Å². The van der Waals surface area contributed by atoms with E-state index in [-0.39, 0.29) is 30.3 Å². The van der Waals surface area contributed by atoms with Gasteiger partial charge in [-0.25, -0.2) is 0 Å². The maximum absolute atomic E-state index is 12.1. The second-order valence-corrected chi connectivity index (χ2v) is 5.90. The molecule has 1 aliphatic carbocycles. The SMILES string of the molecule is CC1CCCC(C(=O)NCC(=O)N2CCCC2)C1N. The van der Waals surface area contributed by atoms with Crippen molar-refractivity contribution in [2.75, 3.05) is 19.6 Å². The van der Waals surface area contributed by atoms with Gasteiger partial charge in [-0.15, -0.1) is 0 Å². The summed E-state index contributed by atoms with van der Waals surface area (Å²) in [5.41, 5.74) is 6.10. The molecule has 2 fully saturated rings. The van der Waals surface area contributed by atoms with E-state index >= 15 is 0 Å². The summed E-state index contributed by atoms with van der Waals surface area (Å²) in [5, 5.41) is 2.77. The molecule has 19 heavy (non-hydrogen) atoms. The lowest BCUT2D eigenvalue weighted by atomic mass is 9.78. The smallest absolute Gasteiger partial charge is 0.241 e. The third-order valence-corrected chi connectivity index (χ3v) is 4.51. The van der Waals surface area contributed by atoms with E-state index in [1.165, 1.54) is 0 Å². The minimum atomic E-state index is -0.130. The maximum atomic E-state index is 12.1. The molecule has 0 bridgehead atoms. The summed E-state index contributed by atoms with van der Waals surface area (Å²) in [6.07, 6.45) is 5.13. The number of likely N-dealkylation sites (tertiary alicyclic amines) is 1. The van der Waals surface area contributed by atoms with Crippen molar-refractivity contribution >= 4 is 11.8 Å². The van der Waals surface area contributed by atoms with E-state index in [0.29, 0.717) is 5.92 Å². The first-order valence-corrected chi connectivity index (χ1v) is 7.40. The van der Waals surface area contributed by atoms with E-state index < -0.39 is 0 Å². The van der Waals surface area contributed by atoms with Crippen LogP contribution in [0.4, 0.5) is 0 Å². The highest BCUT2D eigenvalue weighted by molar-refractivity contribution is 5.86. The number of hydrogen-bond donors (Lipinski definition) is 2. The molecule has 2 aliphatic rings. The minimum absolute atomic E-state index is 0.0308. The molecule has 3 N–H and O–H groups in total. The Labute approximate surface area is 114 Å².